The molecule has 2 aromatic rings. The summed E-state index contributed by atoms with van der Waals surface area (Å²) in [7, 11) is 3.54. The van der Waals surface area contributed by atoms with Gasteiger partial charge in [-0.2, -0.15) is 5.10 Å². The van der Waals surface area contributed by atoms with Gasteiger partial charge in [-0.1, -0.05) is 12.1 Å². The summed E-state index contributed by atoms with van der Waals surface area (Å²) in [6.07, 6.45) is 3.48. The highest BCUT2D eigenvalue weighted by Gasteiger charge is 2.19. The Morgan fingerprint density at radius 1 is 1.20 bits per heavy atom. The summed E-state index contributed by atoms with van der Waals surface area (Å²) in [6, 6.07) is 6.73. The van der Waals surface area contributed by atoms with Gasteiger partial charge in [0.1, 0.15) is 6.04 Å². The maximum atomic E-state index is 12.3. The molecule has 0 fully saturated rings. The van der Waals surface area contributed by atoms with E-state index in [-0.39, 0.29) is 24.2 Å². The lowest BCUT2D eigenvalue weighted by molar-refractivity contribution is -0.123. The van der Waals surface area contributed by atoms with Crippen molar-refractivity contribution in [1.29, 1.82) is 0 Å². The Balaban J connectivity index is 0.00000312. The van der Waals surface area contributed by atoms with E-state index in [9.17, 15) is 9.59 Å². The van der Waals surface area contributed by atoms with E-state index in [1.54, 1.807) is 30.1 Å². The maximum Gasteiger partial charge on any atom is 0.251 e. The normalized spacial score (nSPS) is 11.3. The van der Waals surface area contributed by atoms with Gasteiger partial charge in [0.2, 0.25) is 5.91 Å². The lowest BCUT2D eigenvalue weighted by Gasteiger charge is -2.14. The fourth-order valence-corrected chi connectivity index (χ4v) is 2.37. The van der Waals surface area contributed by atoms with E-state index in [0.717, 1.165) is 11.1 Å². The number of carbonyl (C=O) groups excluding carboxylic acids is 2. The first-order chi connectivity index (χ1) is 11.5. The molecule has 0 radical (unpaired) electrons. The van der Waals surface area contributed by atoms with Crippen LogP contribution in [-0.4, -0.2) is 35.2 Å². The summed E-state index contributed by atoms with van der Waals surface area (Å²) in [5.74, 6) is -0.224. The molecule has 1 unspecified atom stereocenters. The van der Waals surface area contributed by atoms with Crippen molar-refractivity contribution in [2.75, 3.05) is 13.6 Å². The highest BCUT2D eigenvalue weighted by atomic mass is 35.5. The number of carbonyl (C=O) groups is 2. The molecular weight excluding hydrogens is 342 g/mol. The zero-order chi connectivity index (χ0) is 17.5. The van der Waals surface area contributed by atoms with Gasteiger partial charge in [0.25, 0.3) is 5.91 Å². The lowest BCUT2D eigenvalue weighted by Crippen LogP contribution is -2.35. The van der Waals surface area contributed by atoms with Crippen molar-refractivity contribution in [2.24, 2.45) is 7.05 Å². The van der Waals surface area contributed by atoms with E-state index in [4.69, 9.17) is 0 Å². The first kappa shape index (κ1) is 20.7. The Kier molecular flexibility index (Phi) is 8.10. The molecule has 0 saturated carbocycles. The zero-order valence-electron chi connectivity index (χ0n) is 14.6. The van der Waals surface area contributed by atoms with Gasteiger partial charge < -0.3 is 16.0 Å². The second-order valence-corrected chi connectivity index (χ2v) is 5.44. The number of aryl methyl sites for hydroxylation is 1. The largest absolute Gasteiger partial charge is 0.352 e. The van der Waals surface area contributed by atoms with Crippen LogP contribution in [0, 0.1) is 0 Å². The van der Waals surface area contributed by atoms with E-state index in [0.29, 0.717) is 18.7 Å². The monoisotopic (exact) mass is 365 g/mol. The van der Waals surface area contributed by atoms with Gasteiger partial charge in [0.05, 0.1) is 6.20 Å². The van der Waals surface area contributed by atoms with Crippen LogP contribution in [0.5, 0.6) is 0 Å². The minimum absolute atomic E-state index is 0. The van der Waals surface area contributed by atoms with Gasteiger partial charge >= 0.3 is 0 Å². The van der Waals surface area contributed by atoms with Crippen LogP contribution < -0.4 is 16.0 Å². The van der Waals surface area contributed by atoms with Crippen LogP contribution in [0.1, 0.15) is 34.5 Å². The van der Waals surface area contributed by atoms with E-state index in [2.05, 4.69) is 21.0 Å². The minimum Gasteiger partial charge on any atom is -0.352 e. The highest BCUT2D eigenvalue weighted by Crippen LogP contribution is 2.12. The van der Waals surface area contributed by atoms with E-state index >= 15 is 0 Å². The molecule has 0 bridgehead atoms. The number of halogens is 1. The number of nitrogens with one attached hydrogen (secondary N) is 3. The second kappa shape index (κ2) is 9.80. The lowest BCUT2D eigenvalue weighted by atomic mass is 10.1. The molecule has 2 rings (SSSR count). The number of hydrogen-bond donors (Lipinski definition) is 3. The molecule has 1 atom stereocenters. The standard InChI is InChI=1S/C17H23N5O2.ClH/c1-4-19-16(23)13-7-5-12(6-8-13)9-20-17(24)15(18-2)14-10-21-22(3)11-14;/h5-8,10-11,15,18H,4,9H2,1-3H3,(H,19,23)(H,20,24);1H. The average Bonchev–Trinajstić information content (AvgIpc) is 3.00. The van der Waals surface area contributed by atoms with Crippen LogP contribution in [0.3, 0.4) is 0 Å². The quantitative estimate of drug-likeness (QED) is 0.687. The van der Waals surface area contributed by atoms with Crippen molar-refractivity contribution < 1.29 is 9.59 Å². The number of likely N-dealkylation sites (N-methyl/N-ethyl adjacent to an activating group) is 1. The summed E-state index contributed by atoms with van der Waals surface area (Å²) in [5.41, 5.74) is 2.34. The molecule has 0 saturated heterocycles. The number of aromatic nitrogens is 2. The molecule has 0 aliphatic rings. The van der Waals surface area contributed by atoms with Crippen LogP contribution >= 0.6 is 12.4 Å². The number of hydrogen-bond acceptors (Lipinski definition) is 4. The average molecular weight is 366 g/mol. The molecule has 1 aromatic carbocycles. The molecule has 0 aliphatic carbocycles. The van der Waals surface area contributed by atoms with Gasteiger partial charge in [0, 0.05) is 37.5 Å². The molecule has 3 N–H and O–H groups in total. The molecule has 2 amide bonds. The molecule has 7 nitrogen and oxygen atoms in total. The maximum absolute atomic E-state index is 12.3. The first-order valence-corrected chi connectivity index (χ1v) is 7.85. The third-order valence-corrected chi connectivity index (χ3v) is 3.63. The number of nitrogens with zero attached hydrogens (tertiary/aromatic N) is 2. The molecule has 1 aromatic heterocycles. The number of rotatable bonds is 7. The fraction of sp³-hybridized carbons (Fsp3) is 0.353. The summed E-state index contributed by atoms with van der Waals surface area (Å²) in [4.78, 5) is 24.1. The third kappa shape index (κ3) is 5.58. The molecule has 25 heavy (non-hydrogen) atoms. The van der Waals surface area contributed by atoms with Crippen molar-refractivity contribution in [3.63, 3.8) is 0 Å². The second-order valence-electron chi connectivity index (χ2n) is 5.44. The van der Waals surface area contributed by atoms with Gasteiger partial charge in [-0.05, 0) is 31.7 Å². The van der Waals surface area contributed by atoms with Crippen LogP contribution in [0.2, 0.25) is 0 Å². The smallest absolute Gasteiger partial charge is 0.251 e. The minimum atomic E-state index is -0.451. The highest BCUT2D eigenvalue weighted by molar-refractivity contribution is 5.94. The third-order valence-electron chi connectivity index (χ3n) is 3.63. The Labute approximate surface area is 153 Å². The van der Waals surface area contributed by atoms with Gasteiger partial charge in [-0.3, -0.25) is 14.3 Å². The van der Waals surface area contributed by atoms with E-state index < -0.39 is 6.04 Å². The summed E-state index contributed by atoms with van der Waals surface area (Å²) in [5, 5.41) is 12.7. The van der Waals surface area contributed by atoms with Gasteiger partial charge in [-0.25, -0.2) is 0 Å². The summed E-state index contributed by atoms with van der Waals surface area (Å²) < 4.78 is 1.66. The summed E-state index contributed by atoms with van der Waals surface area (Å²) in [6.45, 7) is 2.87. The molecule has 136 valence electrons. The number of amides is 2. The molecule has 0 spiro atoms. The summed E-state index contributed by atoms with van der Waals surface area (Å²) >= 11 is 0. The van der Waals surface area contributed by atoms with Crippen molar-refractivity contribution >= 4 is 24.2 Å². The molecular formula is C17H24ClN5O2. The van der Waals surface area contributed by atoms with Crippen molar-refractivity contribution in [3.05, 3.63) is 53.3 Å². The van der Waals surface area contributed by atoms with E-state index in [1.165, 1.54) is 0 Å². The first-order valence-electron chi connectivity index (χ1n) is 7.85. The van der Waals surface area contributed by atoms with E-state index in [1.807, 2.05) is 32.3 Å². The predicted molar refractivity (Wildman–Crippen MR) is 98.6 cm³/mol. The van der Waals surface area contributed by atoms with Gasteiger partial charge in [-0.15, -0.1) is 12.4 Å². The predicted octanol–water partition coefficient (Wildman–Crippen LogP) is 1.17. The van der Waals surface area contributed by atoms with Crippen molar-refractivity contribution in [3.8, 4) is 0 Å². The van der Waals surface area contributed by atoms with Crippen LogP contribution in [-0.2, 0) is 18.4 Å². The van der Waals surface area contributed by atoms with Crippen molar-refractivity contribution in [2.45, 2.75) is 19.5 Å². The topological polar surface area (TPSA) is 88.1 Å². The molecule has 0 aliphatic heterocycles. The van der Waals surface area contributed by atoms with Crippen LogP contribution in [0.15, 0.2) is 36.7 Å². The Morgan fingerprint density at radius 2 is 1.88 bits per heavy atom. The fourth-order valence-electron chi connectivity index (χ4n) is 2.37. The number of benzene rings is 1. The van der Waals surface area contributed by atoms with Crippen LogP contribution in [0.25, 0.3) is 0 Å². The zero-order valence-corrected chi connectivity index (χ0v) is 15.4. The van der Waals surface area contributed by atoms with Gasteiger partial charge in [0.15, 0.2) is 0 Å². The molecule has 1 heterocycles. The Morgan fingerprint density at radius 3 is 2.40 bits per heavy atom. The Hall–Kier alpha value is -2.38. The Bertz CT molecular complexity index is 699. The van der Waals surface area contributed by atoms with Crippen LogP contribution in [0.4, 0.5) is 0 Å². The molecule has 8 heteroatoms. The van der Waals surface area contributed by atoms with Crippen molar-refractivity contribution in [1.82, 2.24) is 25.7 Å². The SMILES string of the molecule is CCNC(=O)c1ccc(CNC(=O)C(NC)c2cnn(C)c2)cc1.Cl.